The molecule has 5 heteroatoms. The van der Waals surface area contributed by atoms with Crippen LogP contribution in [0.15, 0.2) is 77.8 Å². The van der Waals surface area contributed by atoms with Crippen LogP contribution < -0.4 is 4.90 Å². The van der Waals surface area contributed by atoms with Crippen molar-refractivity contribution in [1.82, 2.24) is 0 Å². The van der Waals surface area contributed by atoms with Gasteiger partial charge in [-0.2, -0.15) is 0 Å². The summed E-state index contributed by atoms with van der Waals surface area (Å²) in [7, 11) is 0. The molecule has 33 heavy (non-hydrogen) atoms. The van der Waals surface area contributed by atoms with E-state index in [-0.39, 0.29) is 30.9 Å². The molecule has 1 heterocycles. The first-order valence-corrected chi connectivity index (χ1v) is 11.3. The molecule has 0 unspecified atom stereocenters. The van der Waals surface area contributed by atoms with E-state index in [4.69, 9.17) is 0 Å². The highest BCUT2D eigenvalue weighted by Gasteiger charge is 2.67. The van der Waals surface area contributed by atoms with Gasteiger partial charge in [0, 0.05) is 12.1 Å². The minimum Gasteiger partial charge on any atom is -0.394 e. The first kappa shape index (κ1) is 20.1. The van der Waals surface area contributed by atoms with Crippen molar-refractivity contribution < 1.29 is 14.7 Å². The zero-order valence-electron chi connectivity index (χ0n) is 18.3. The Labute approximate surface area is 192 Å². The second-order valence-corrected chi connectivity index (χ2v) is 9.13. The van der Waals surface area contributed by atoms with Crippen molar-refractivity contribution in [3.8, 4) is 0 Å². The third-order valence-corrected chi connectivity index (χ3v) is 7.50. The molecular weight excluding hydrogens is 412 g/mol. The van der Waals surface area contributed by atoms with Gasteiger partial charge in [0.05, 0.1) is 36.1 Å². The number of hydrogen-bond donors (Lipinski definition) is 1. The van der Waals surface area contributed by atoms with Crippen molar-refractivity contribution in [2.75, 3.05) is 18.1 Å². The van der Waals surface area contributed by atoms with E-state index in [1.807, 2.05) is 61.7 Å². The molecule has 5 nitrogen and oxygen atoms in total. The van der Waals surface area contributed by atoms with Crippen LogP contribution in [0.4, 0.5) is 5.69 Å². The third-order valence-electron chi connectivity index (χ3n) is 7.50. The SMILES string of the molecule is Cc1ccc(N2C(=O)[C@H]3C4c5ccccc5C(C=NCCO)(c5ccccc54)[C@H]3C2=O)cc1. The molecule has 4 aliphatic rings. The number of aliphatic hydroxyl groups is 1. The molecule has 1 aliphatic heterocycles. The Morgan fingerprint density at radius 2 is 1.52 bits per heavy atom. The largest absolute Gasteiger partial charge is 0.394 e. The van der Waals surface area contributed by atoms with Crippen molar-refractivity contribution in [3.63, 3.8) is 0 Å². The molecule has 1 fully saturated rings. The van der Waals surface area contributed by atoms with Crippen LogP contribution in [0.5, 0.6) is 0 Å². The van der Waals surface area contributed by atoms with Crippen LogP contribution in [0.2, 0.25) is 0 Å². The molecule has 3 aromatic carbocycles. The lowest BCUT2D eigenvalue weighted by Gasteiger charge is -2.52. The molecule has 0 saturated carbocycles. The second kappa shape index (κ2) is 7.22. The molecule has 0 aromatic heterocycles. The van der Waals surface area contributed by atoms with Gasteiger partial charge in [-0.05, 0) is 41.3 Å². The maximum Gasteiger partial charge on any atom is 0.239 e. The van der Waals surface area contributed by atoms with Crippen LogP contribution in [0.3, 0.4) is 0 Å². The first-order valence-electron chi connectivity index (χ1n) is 11.3. The summed E-state index contributed by atoms with van der Waals surface area (Å²) in [5.74, 6) is -1.59. The van der Waals surface area contributed by atoms with Crippen LogP contribution in [-0.2, 0) is 15.0 Å². The maximum atomic E-state index is 14.1. The Bertz CT molecular complexity index is 1260. The van der Waals surface area contributed by atoms with Gasteiger partial charge in [0.15, 0.2) is 0 Å². The van der Waals surface area contributed by atoms with Crippen molar-refractivity contribution >= 4 is 23.7 Å². The summed E-state index contributed by atoms with van der Waals surface area (Å²) in [5, 5.41) is 9.40. The Morgan fingerprint density at radius 1 is 0.909 bits per heavy atom. The maximum absolute atomic E-state index is 14.1. The highest BCUT2D eigenvalue weighted by Crippen LogP contribution is 2.63. The van der Waals surface area contributed by atoms with Crippen molar-refractivity contribution in [3.05, 3.63) is 101 Å². The number of nitrogens with zero attached hydrogens (tertiary/aromatic N) is 2. The molecular formula is C28H24N2O3. The third kappa shape index (κ3) is 2.54. The van der Waals surface area contributed by atoms with E-state index in [1.54, 1.807) is 0 Å². The minimum atomic E-state index is -0.853. The first-order chi connectivity index (χ1) is 16.1. The lowest BCUT2D eigenvalue weighted by molar-refractivity contribution is -0.122. The fraction of sp³-hybridized carbons (Fsp3) is 0.250. The number of hydrogen-bond acceptors (Lipinski definition) is 4. The number of aryl methyl sites for hydroxylation is 1. The van der Waals surface area contributed by atoms with Crippen molar-refractivity contribution in [1.29, 1.82) is 0 Å². The molecule has 3 aromatic rings. The van der Waals surface area contributed by atoms with Gasteiger partial charge in [0.25, 0.3) is 0 Å². The summed E-state index contributed by atoms with van der Waals surface area (Å²) in [5.41, 5.74) is 5.06. The zero-order valence-corrected chi connectivity index (χ0v) is 18.3. The summed E-state index contributed by atoms with van der Waals surface area (Å²) >= 11 is 0. The number of anilines is 1. The fourth-order valence-corrected chi connectivity index (χ4v) is 6.26. The van der Waals surface area contributed by atoms with Gasteiger partial charge in [-0.1, -0.05) is 66.2 Å². The fourth-order valence-electron chi connectivity index (χ4n) is 6.26. The van der Waals surface area contributed by atoms with Gasteiger partial charge >= 0.3 is 0 Å². The molecule has 2 amide bonds. The van der Waals surface area contributed by atoms with Crippen LogP contribution >= 0.6 is 0 Å². The number of aliphatic imine (C=N–C) groups is 1. The van der Waals surface area contributed by atoms with E-state index in [2.05, 4.69) is 29.3 Å². The molecule has 3 aliphatic carbocycles. The van der Waals surface area contributed by atoms with Crippen LogP contribution in [0.25, 0.3) is 0 Å². The van der Waals surface area contributed by atoms with Crippen LogP contribution in [0.1, 0.15) is 33.7 Å². The van der Waals surface area contributed by atoms with E-state index in [0.717, 1.165) is 27.8 Å². The highest BCUT2D eigenvalue weighted by atomic mass is 16.3. The summed E-state index contributed by atoms with van der Waals surface area (Å²) in [6.07, 6.45) is 1.83. The topological polar surface area (TPSA) is 70.0 Å². The van der Waals surface area contributed by atoms with Crippen LogP contribution in [0, 0.1) is 18.8 Å². The number of imide groups is 1. The number of aliphatic hydroxyl groups excluding tert-OH is 1. The van der Waals surface area contributed by atoms with Gasteiger partial charge in [-0.15, -0.1) is 0 Å². The normalized spacial score (nSPS) is 27.1. The average Bonchev–Trinajstić information content (AvgIpc) is 3.11. The molecule has 2 atom stereocenters. The second-order valence-electron chi connectivity index (χ2n) is 9.13. The molecule has 2 bridgehead atoms. The van der Waals surface area contributed by atoms with E-state index < -0.39 is 17.3 Å². The number of carbonyl (C=O) groups excluding carboxylic acids is 2. The number of carbonyl (C=O) groups is 2. The van der Waals surface area contributed by atoms with Crippen molar-refractivity contribution in [2.24, 2.45) is 16.8 Å². The smallest absolute Gasteiger partial charge is 0.239 e. The summed E-state index contributed by atoms with van der Waals surface area (Å²) in [4.78, 5) is 33.9. The lowest BCUT2D eigenvalue weighted by Crippen LogP contribution is -2.54. The van der Waals surface area contributed by atoms with E-state index in [0.29, 0.717) is 5.69 Å². The van der Waals surface area contributed by atoms with Crippen molar-refractivity contribution in [2.45, 2.75) is 18.3 Å². The molecule has 1 saturated heterocycles. The summed E-state index contributed by atoms with van der Waals surface area (Å²) < 4.78 is 0. The zero-order chi connectivity index (χ0) is 22.7. The van der Waals surface area contributed by atoms with E-state index in [9.17, 15) is 14.7 Å². The Morgan fingerprint density at radius 3 is 2.12 bits per heavy atom. The Balaban J connectivity index is 1.63. The highest BCUT2D eigenvalue weighted by molar-refractivity contribution is 6.25. The minimum absolute atomic E-state index is 0.0744. The average molecular weight is 437 g/mol. The van der Waals surface area contributed by atoms with E-state index in [1.165, 1.54) is 4.90 Å². The monoisotopic (exact) mass is 436 g/mol. The van der Waals surface area contributed by atoms with E-state index >= 15 is 0 Å². The standard InChI is InChI=1S/C28H24N2O3/c1-17-10-12-18(13-11-17)30-26(32)24-23-19-6-2-4-8-21(19)28(16-29-14-15-31,25(24)27(30)33)22-9-5-3-7-20(22)23/h2-13,16,23-25,31H,14-15H2,1H3/t23?,24-,25+,28?/m0/s1. The summed E-state index contributed by atoms with van der Waals surface area (Å²) in [6.45, 7) is 2.16. The number of rotatable bonds is 4. The number of benzene rings is 3. The predicted octanol–water partition coefficient (Wildman–Crippen LogP) is 3.61. The molecule has 7 rings (SSSR count). The van der Waals surface area contributed by atoms with Crippen LogP contribution in [-0.4, -0.2) is 36.3 Å². The predicted molar refractivity (Wildman–Crippen MR) is 127 cm³/mol. The lowest BCUT2D eigenvalue weighted by atomic mass is 9.47. The van der Waals surface area contributed by atoms with Gasteiger partial charge in [0.2, 0.25) is 11.8 Å². The van der Waals surface area contributed by atoms with Gasteiger partial charge < -0.3 is 5.11 Å². The quantitative estimate of drug-likeness (QED) is 0.502. The molecule has 0 spiro atoms. The van der Waals surface area contributed by atoms with Gasteiger partial charge in [0.1, 0.15) is 0 Å². The molecule has 0 radical (unpaired) electrons. The number of amides is 2. The molecule has 1 N–H and O–H groups in total. The molecule has 164 valence electrons. The van der Waals surface area contributed by atoms with Gasteiger partial charge in [-0.3, -0.25) is 14.6 Å². The Kier molecular flexibility index (Phi) is 4.39. The van der Waals surface area contributed by atoms with Gasteiger partial charge in [-0.25, -0.2) is 4.90 Å². The summed E-state index contributed by atoms with van der Waals surface area (Å²) in [6, 6.07) is 23.8. The Hall–Kier alpha value is -3.57.